The van der Waals surface area contributed by atoms with Crippen molar-refractivity contribution < 1.29 is 24.6 Å². The van der Waals surface area contributed by atoms with E-state index in [1.165, 1.54) is 17.2 Å². The van der Waals surface area contributed by atoms with Gasteiger partial charge in [-0.3, -0.25) is 9.36 Å². The van der Waals surface area contributed by atoms with E-state index in [1.54, 1.807) is 0 Å². The molecule has 1 saturated heterocycles. The number of carbonyl (C=O) groups is 1. The molecule has 25 heavy (non-hydrogen) atoms. The minimum Gasteiger partial charge on any atom is -0.386 e. The summed E-state index contributed by atoms with van der Waals surface area (Å²) in [6.45, 7) is 0. The van der Waals surface area contributed by atoms with Gasteiger partial charge in [-0.2, -0.15) is 0 Å². The lowest BCUT2D eigenvalue weighted by atomic mass is 10.1. The van der Waals surface area contributed by atoms with Gasteiger partial charge in [-0.1, -0.05) is 0 Å². The summed E-state index contributed by atoms with van der Waals surface area (Å²) in [5, 5.41) is 20.1. The first-order chi connectivity index (χ1) is 11.9. The second kappa shape index (κ2) is 6.45. The summed E-state index contributed by atoms with van der Waals surface area (Å²) in [7, 11) is 0. The molecule has 1 aliphatic rings. The Morgan fingerprint density at radius 2 is 2.24 bits per heavy atom. The molecule has 5 N–H and O–H groups in total. The molecular formula is C12H15N7O6. The van der Waals surface area contributed by atoms with Crippen LogP contribution in [0.5, 0.6) is 0 Å². The number of aliphatic hydroxyl groups excluding tert-OH is 1. The summed E-state index contributed by atoms with van der Waals surface area (Å²) in [6.07, 6.45) is -2.19. The third kappa shape index (κ3) is 3.14. The number of hydrogen-bond acceptors (Lipinski definition) is 10. The van der Waals surface area contributed by atoms with Crippen LogP contribution >= 0.6 is 0 Å². The van der Waals surface area contributed by atoms with Crippen molar-refractivity contribution in [1.82, 2.24) is 19.5 Å². The number of nitrogens with zero attached hydrogens (tertiary/aromatic N) is 5. The second-order valence-electron chi connectivity index (χ2n) is 5.44. The standard InChI is InChI=1S/C12H15N7O6/c13-6(20)2-1-5-9(25-19(22)23)8(21)12(24-5)18-4-17-7-10(14)15-3-16-11(7)18/h3-5,8-9,12,21H,1-2H2,(H2,13,20)(H2,14,15,16)/t5-,8?,9?,12-/m1/s1. The third-order valence-electron chi connectivity index (χ3n) is 3.85. The molecule has 1 fully saturated rings. The highest BCUT2D eigenvalue weighted by Gasteiger charge is 2.47. The lowest BCUT2D eigenvalue weighted by Crippen LogP contribution is -2.36. The van der Waals surface area contributed by atoms with Crippen molar-refractivity contribution in [2.24, 2.45) is 5.73 Å². The van der Waals surface area contributed by atoms with Gasteiger partial charge in [-0.15, -0.1) is 10.1 Å². The Morgan fingerprint density at radius 3 is 2.92 bits per heavy atom. The summed E-state index contributed by atoms with van der Waals surface area (Å²) in [5.74, 6) is -0.463. The largest absolute Gasteiger partial charge is 0.386 e. The SMILES string of the molecule is NC(=O)CC[C@H]1O[C@@H](n2cnc3c(N)ncnc32)C(O)C1O[N+](=O)[O-]. The summed E-state index contributed by atoms with van der Waals surface area (Å²) in [5.41, 5.74) is 11.4. The number of nitrogen functional groups attached to an aromatic ring is 1. The van der Waals surface area contributed by atoms with Crippen molar-refractivity contribution in [3.63, 3.8) is 0 Å². The zero-order valence-corrected chi connectivity index (χ0v) is 12.8. The Kier molecular flexibility index (Phi) is 4.33. The molecule has 1 aliphatic heterocycles. The normalized spacial score (nSPS) is 26.0. The van der Waals surface area contributed by atoms with E-state index in [1.807, 2.05) is 0 Å². The van der Waals surface area contributed by atoms with Gasteiger partial charge < -0.3 is 26.1 Å². The number of aromatic nitrogens is 4. The molecule has 0 bridgehead atoms. The summed E-state index contributed by atoms with van der Waals surface area (Å²) in [6, 6.07) is 0. The molecule has 2 aromatic rings. The van der Waals surface area contributed by atoms with Crippen LogP contribution in [-0.2, 0) is 14.4 Å². The summed E-state index contributed by atoms with van der Waals surface area (Å²) < 4.78 is 7.04. The third-order valence-corrected chi connectivity index (χ3v) is 3.85. The Labute approximate surface area is 139 Å². The van der Waals surface area contributed by atoms with Gasteiger partial charge in [0.1, 0.15) is 17.9 Å². The first-order valence-electron chi connectivity index (χ1n) is 7.24. The quantitative estimate of drug-likeness (QED) is 0.406. The maximum absolute atomic E-state index is 11.0. The van der Waals surface area contributed by atoms with E-state index in [-0.39, 0.29) is 24.3 Å². The number of imidazole rings is 1. The monoisotopic (exact) mass is 353 g/mol. The van der Waals surface area contributed by atoms with Crippen molar-refractivity contribution >= 4 is 22.9 Å². The first kappa shape index (κ1) is 16.8. The molecule has 0 aromatic carbocycles. The van der Waals surface area contributed by atoms with E-state index < -0.39 is 35.5 Å². The number of fused-ring (bicyclic) bond motifs is 1. The van der Waals surface area contributed by atoms with E-state index in [9.17, 15) is 20.0 Å². The molecule has 134 valence electrons. The number of ether oxygens (including phenoxy) is 1. The van der Waals surface area contributed by atoms with Crippen LogP contribution in [0.1, 0.15) is 19.1 Å². The van der Waals surface area contributed by atoms with Crippen LogP contribution in [-0.4, -0.2) is 53.9 Å². The molecule has 13 nitrogen and oxygen atoms in total. The molecule has 4 atom stereocenters. The van der Waals surface area contributed by atoms with Crippen LogP contribution in [0.4, 0.5) is 5.82 Å². The molecule has 3 rings (SSSR count). The molecular weight excluding hydrogens is 338 g/mol. The summed E-state index contributed by atoms with van der Waals surface area (Å²) >= 11 is 0. The Hall–Kier alpha value is -3.06. The van der Waals surface area contributed by atoms with Crippen LogP contribution in [0.25, 0.3) is 11.2 Å². The van der Waals surface area contributed by atoms with Crippen molar-refractivity contribution in [2.45, 2.75) is 37.4 Å². The van der Waals surface area contributed by atoms with E-state index in [0.717, 1.165) is 0 Å². The minimum absolute atomic E-state index is 0.0468. The highest BCUT2D eigenvalue weighted by molar-refractivity contribution is 5.81. The van der Waals surface area contributed by atoms with Crippen LogP contribution in [0.3, 0.4) is 0 Å². The van der Waals surface area contributed by atoms with Crippen LogP contribution < -0.4 is 11.5 Å². The van der Waals surface area contributed by atoms with Gasteiger partial charge in [0.25, 0.3) is 5.09 Å². The second-order valence-corrected chi connectivity index (χ2v) is 5.44. The van der Waals surface area contributed by atoms with E-state index in [4.69, 9.17) is 16.2 Å². The van der Waals surface area contributed by atoms with Gasteiger partial charge >= 0.3 is 0 Å². The van der Waals surface area contributed by atoms with Gasteiger partial charge in [0, 0.05) is 6.42 Å². The molecule has 13 heteroatoms. The highest BCUT2D eigenvalue weighted by Crippen LogP contribution is 2.35. The molecule has 0 saturated carbocycles. The fourth-order valence-electron chi connectivity index (χ4n) is 2.75. The molecule has 3 heterocycles. The molecule has 2 unspecified atom stereocenters. The molecule has 0 aliphatic carbocycles. The molecule has 0 radical (unpaired) electrons. The number of nitrogens with two attached hydrogens (primary N) is 2. The maximum Gasteiger partial charge on any atom is 0.294 e. The highest BCUT2D eigenvalue weighted by atomic mass is 17.0. The topological polar surface area (TPSA) is 195 Å². The zero-order valence-electron chi connectivity index (χ0n) is 12.8. The predicted molar refractivity (Wildman–Crippen MR) is 79.9 cm³/mol. The minimum atomic E-state index is -1.41. The Morgan fingerprint density at radius 1 is 1.48 bits per heavy atom. The Bertz CT molecular complexity index is 810. The number of rotatable bonds is 6. The first-order valence-corrected chi connectivity index (χ1v) is 7.24. The average molecular weight is 353 g/mol. The van der Waals surface area contributed by atoms with Crippen LogP contribution in [0.2, 0.25) is 0 Å². The number of primary amides is 1. The van der Waals surface area contributed by atoms with Crippen molar-refractivity contribution in [3.8, 4) is 0 Å². The number of amides is 1. The van der Waals surface area contributed by atoms with Gasteiger partial charge in [0.05, 0.1) is 12.4 Å². The number of anilines is 1. The van der Waals surface area contributed by atoms with Gasteiger partial charge in [0.15, 0.2) is 23.8 Å². The average Bonchev–Trinajstić information content (AvgIpc) is 3.09. The molecule has 2 aromatic heterocycles. The van der Waals surface area contributed by atoms with Crippen LogP contribution in [0, 0.1) is 10.1 Å². The van der Waals surface area contributed by atoms with E-state index in [0.29, 0.717) is 5.52 Å². The van der Waals surface area contributed by atoms with E-state index >= 15 is 0 Å². The maximum atomic E-state index is 11.0. The van der Waals surface area contributed by atoms with Gasteiger partial charge in [0.2, 0.25) is 5.91 Å². The fraction of sp³-hybridized carbons (Fsp3) is 0.500. The Balaban J connectivity index is 1.91. The van der Waals surface area contributed by atoms with Gasteiger partial charge in [-0.05, 0) is 6.42 Å². The van der Waals surface area contributed by atoms with Crippen molar-refractivity contribution in [3.05, 3.63) is 22.8 Å². The molecule has 0 spiro atoms. The number of carbonyl (C=O) groups excluding carboxylic acids is 1. The molecule has 1 amide bonds. The van der Waals surface area contributed by atoms with Crippen LogP contribution in [0.15, 0.2) is 12.7 Å². The number of aliphatic hydroxyl groups is 1. The lowest BCUT2D eigenvalue weighted by Gasteiger charge is -2.17. The smallest absolute Gasteiger partial charge is 0.294 e. The number of hydrogen-bond donors (Lipinski definition) is 3. The fourth-order valence-corrected chi connectivity index (χ4v) is 2.75. The lowest BCUT2D eigenvalue weighted by molar-refractivity contribution is -0.771. The zero-order chi connectivity index (χ0) is 18.1. The summed E-state index contributed by atoms with van der Waals surface area (Å²) in [4.78, 5) is 38.1. The van der Waals surface area contributed by atoms with Crippen molar-refractivity contribution in [1.29, 1.82) is 0 Å². The van der Waals surface area contributed by atoms with E-state index in [2.05, 4.69) is 19.8 Å². The van der Waals surface area contributed by atoms with Gasteiger partial charge in [-0.25, -0.2) is 15.0 Å². The predicted octanol–water partition coefficient (Wildman–Crippen LogP) is -1.49. The van der Waals surface area contributed by atoms with Crippen molar-refractivity contribution in [2.75, 3.05) is 5.73 Å².